The average molecular weight is 594 g/mol. The first-order chi connectivity index (χ1) is 19.4. The number of amides is 2. The quantitative estimate of drug-likeness (QED) is 0.274. The monoisotopic (exact) mass is 593 g/mol. The van der Waals surface area contributed by atoms with Crippen LogP contribution in [0, 0.1) is 11.6 Å². The van der Waals surface area contributed by atoms with Crippen molar-refractivity contribution in [3.8, 4) is 0 Å². The zero-order valence-corrected chi connectivity index (χ0v) is 24.5. The van der Waals surface area contributed by atoms with E-state index in [2.05, 4.69) is 5.32 Å². The molecule has 3 rings (SSSR count). The summed E-state index contributed by atoms with van der Waals surface area (Å²) in [6.07, 6.45) is 2.22. The third-order valence-electron chi connectivity index (χ3n) is 7.31. The van der Waals surface area contributed by atoms with Gasteiger partial charge in [-0.25, -0.2) is 17.2 Å². The lowest BCUT2D eigenvalue weighted by Crippen LogP contribution is -2.56. The Kier molecular flexibility index (Phi) is 11.8. The summed E-state index contributed by atoms with van der Waals surface area (Å²) in [4.78, 5) is 28.4. The minimum absolute atomic E-state index is 0.0409. The van der Waals surface area contributed by atoms with Crippen LogP contribution in [0.5, 0.6) is 0 Å². The van der Waals surface area contributed by atoms with E-state index in [1.807, 2.05) is 13.8 Å². The van der Waals surface area contributed by atoms with Crippen molar-refractivity contribution in [2.75, 3.05) is 12.3 Å². The van der Waals surface area contributed by atoms with Gasteiger partial charge in [0.2, 0.25) is 5.91 Å². The van der Waals surface area contributed by atoms with Crippen molar-refractivity contribution in [3.63, 3.8) is 0 Å². The number of halogens is 2. The van der Waals surface area contributed by atoms with Gasteiger partial charge in [0.05, 0.1) is 17.1 Å². The van der Waals surface area contributed by atoms with E-state index in [0.29, 0.717) is 38.5 Å². The first-order valence-corrected chi connectivity index (χ1v) is 15.9. The summed E-state index contributed by atoms with van der Waals surface area (Å²) in [5.41, 5.74) is 6.70. The maximum Gasteiger partial charge on any atom is 0.251 e. The molecule has 4 N–H and O–H groups in total. The van der Waals surface area contributed by atoms with Gasteiger partial charge in [0.1, 0.15) is 17.7 Å². The van der Waals surface area contributed by atoms with Crippen molar-refractivity contribution in [1.82, 2.24) is 10.2 Å². The summed E-state index contributed by atoms with van der Waals surface area (Å²) in [6.45, 7) is 3.58. The number of hydrogen-bond acceptors (Lipinski definition) is 6. The second-order valence-electron chi connectivity index (χ2n) is 10.9. The Balaban J connectivity index is 1.83. The van der Waals surface area contributed by atoms with Crippen LogP contribution in [0.4, 0.5) is 8.78 Å². The highest BCUT2D eigenvalue weighted by Crippen LogP contribution is 2.29. The van der Waals surface area contributed by atoms with Crippen LogP contribution in [-0.4, -0.2) is 72.0 Å². The van der Waals surface area contributed by atoms with Gasteiger partial charge in [0, 0.05) is 30.3 Å². The van der Waals surface area contributed by atoms with Crippen LogP contribution in [0.3, 0.4) is 0 Å². The van der Waals surface area contributed by atoms with E-state index in [4.69, 9.17) is 5.73 Å². The molecule has 0 spiro atoms. The molecular formula is C30H41F2N3O5S. The van der Waals surface area contributed by atoms with Gasteiger partial charge < -0.3 is 21.1 Å². The van der Waals surface area contributed by atoms with Crippen LogP contribution in [-0.2, 0) is 21.1 Å². The Morgan fingerprint density at radius 3 is 2.17 bits per heavy atom. The highest BCUT2D eigenvalue weighted by molar-refractivity contribution is 7.92. The molecule has 1 fully saturated rings. The van der Waals surface area contributed by atoms with Gasteiger partial charge in [0.15, 0.2) is 9.84 Å². The van der Waals surface area contributed by atoms with Crippen LogP contribution in [0.1, 0.15) is 68.3 Å². The molecule has 2 aromatic carbocycles. The molecular weight excluding hydrogens is 552 g/mol. The standard InChI is InChI=1S/C30H41F2N3O5S/c1-3-8-25(9-4-2)41(39,40)19-27(34-29(37)21-10-6-5-7-11-21)30(38)35(24-12-13-24)18-28(36)26(33)16-20-14-22(31)17-23(32)15-20/h5-7,10-11,14-15,17,24-28,36H,3-4,8-9,12-13,16,18-19,33H2,1-2H3,(H,34,37). The molecule has 0 saturated heterocycles. The Morgan fingerprint density at radius 1 is 1.05 bits per heavy atom. The molecule has 0 radical (unpaired) electrons. The molecule has 41 heavy (non-hydrogen) atoms. The molecule has 1 aliphatic rings. The number of carbonyl (C=O) groups is 2. The summed E-state index contributed by atoms with van der Waals surface area (Å²) >= 11 is 0. The topological polar surface area (TPSA) is 130 Å². The van der Waals surface area contributed by atoms with Crippen molar-refractivity contribution >= 4 is 21.7 Å². The minimum atomic E-state index is -3.77. The average Bonchev–Trinajstić information content (AvgIpc) is 3.76. The number of nitrogens with zero attached hydrogens (tertiary/aromatic N) is 1. The molecule has 3 unspecified atom stereocenters. The molecule has 1 saturated carbocycles. The van der Waals surface area contributed by atoms with Gasteiger partial charge in [-0.15, -0.1) is 0 Å². The van der Waals surface area contributed by atoms with Crippen LogP contribution in [0.15, 0.2) is 48.5 Å². The van der Waals surface area contributed by atoms with E-state index in [1.54, 1.807) is 30.3 Å². The number of aliphatic hydroxyl groups excluding tert-OH is 1. The summed E-state index contributed by atoms with van der Waals surface area (Å²) in [5, 5.41) is 12.9. The second-order valence-corrected chi connectivity index (χ2v) is 13.2. The summed E-state index contributed by atoms with van der Waals surface area (Å²) in [7, 11) is -3.77. The number of aliphatic hydroxyl groups is 1. The number of sulfone groups is 1. The Labute approximate surface area is 241 Å². The smallest absolute Gasteiger partial charge is 0.251 e. The van der Waals surface area contributed by atoms with Crippen molar-refractivity contribution in [2.24, 2.45) is 5.73 Å². The number of benzene rings is 2. The van der Waals surface area contributed by atoms with Crippen LogP contribution >= 0.6 is 0 Å². The van der Waals surface area contributed by atoms with E-state index in [0.717, 1.165) is 18.2 Å². The van der Waals surface area contributed by atoms with Gasteiger partial charge in [-0.05, 0) is 61.9 Å². The summed E-state index contributed by atoms with van der Waals surface area (Å²) in [5.74, 6) is -3.29. The van der Waals surface area contributed by atoms with E-state index in [1.165, 1.54) is 4.90 Å². The van der Waals surface area contributed by atoms with E-state index in [-0.39, 0.29) is 30.1 Å². The normalized spacial score (nSPS) is 15.8. The lowest BCUT2D eigenvalue weighted by atomic mass is 10.0. The molecule has 0 heterocycles. The van der Waals surface area contributed by atoms with Crippen molar-refractivity contribution in [3.05, 3.63) is 71.3 Å². The summed E-state index contributed by atoms with van der Waals surface area (Å²) < 4.78 is 54.2. The van der Waals surface area contributed by atoms with Gasteiger partial charge in [-0.3, -0.25) is 9.59 Å². The highest BCUT2D eigenvalue weighted by atomic mass is 32.2. The molecule has 3 atom stereocenters. The SMILES string of the molecule is CCCC(CCC)S(=O)(=O)CC(NC(=O)c1ccccc1)C(=O)N(CC(O)C(N)Cc1cc(F)cc(F)c1)C1CC1. The van der Waals surface area contributed by atoms with Gasteiger partial charge >= 0.3 is 0 Å². The number of hydrogen-bond donors (Lipinski definition) is 3. The molecule has 226 valence electrons. The number of carbonyl (C=O) groups excluding carboxylic acids is 2. The van der Waals surface area contributed by atoms with Gasteiger partial charge in [-0.1, -0.05) is 44.9 Å². The van der Waals surface area contributed by atoms with Crippen molar-refractivity contribution in [2.45, 2.75) is 88.3 Å². The Hall–Kier alpha value is -2.89. The van der Waals surface area contributed by atoms with Gasteiger partial charge in [0.25, 0.3) is 5.91 Å². The lowest BCUT2D eigenvalue weighted by molar-refractivity contribution is -0.135. The predicted molar refractivity (Wildman–Crippen MR) is 154 cm³/mol. The highest BCUT2D eigenvalue weighted by Gasteiger charge is 2.40. The number of rotatable bonds is 16. The molecule has 0 bridgehead atoms. The molecule has 2 amide bonds. The fourth-order valence-corrected chi connectivity index (χ4v) is 7.15. The zero-order chi connectivity index (χ0) is 30.2. The predicted octanol–water partition coefficient (Wildman–Crippen LogP) is 3.37. The van der Waals surface area contributed by atoms with Crippen LogP contribution in [0.25, 0.3) is 0 Å². The third kappa shape index (κ3) is 9.58. The fourth-order valence-electron chi connectivity index (χ4n) is 5.00. The first kappa shape index (κ1) is 32.6. The number of nitrogens with one attached hydrogen (secondary N) is 1. The van der Waals surface area contributed by atoms with Crippen LogP contribution < -0.4 is 11.1 Å². The molecule has 11 heteroatoms. The van der Waals surface area contributed by atoms with Gasteiger partial charge in [-0.2, -0.15) is 0 Å². The number of nitrogens with two attached hydrogens (primary N) is 1. The van der Waals surface area contributed by atoms with Crippen molar-refractivity contribution < 1.29 is 31.9 Å². The fraction of sp³-hybridized carbons (Fsp3) is 0.533. The summed E-state index contributed by atoms with van der Waals surface area (Å²) in [6, 6.07) is 8.64. The van der Waals surface area contributed by atoms with Crippen LogP contribution in [0.2, 0.25) is 0 Å². The lowest BCUT2D eigenvalue weighted by Gasteiger charge is -2.32. The molecule has 0 aliphatic heterocycles. The molecule has 1 aliphatic carbocycles. The van der Waals surface area contributed by atoms with E-state index >= 15 is 0 Å². The third-order valence-corrected chi connectivity index (χ3v) is 9.60. The first-order valence-electron chi connectivity index (χ1n) is 14.2. The molecule has 0 aromatic heterocycles. The maximum atomic E-state index is 13.9. The van der Waals surface area contributed by atoms with Crippen molar-refractivity contribution in [1.29, 1.82) is 0 Å². The minimum Gasteiger partial charge on any atom is -0.390 e. The molecule has 2 aromatic rings. The van der Waals surface area contributed by atoms with E-state index in [9.17, 15) is 31.9 Å². The maximum absolute atomic E-state index is 13.9. The Bertz CT molecular complexity index is 1250. The molecule has 8 nitrogen and oxygen atoms in total. The zero-order valence-electron chi connectivity index (χ0n) is 23.6. The largest absolute Gasteiger partial charge is 0.390 e. The van der Waals surface area contributed by atoms with E-state index < -0.39 is 62.5 Å². The Morgan fingerprint density at radius 2 is 1.63 bits per heavy atom. The second kappa shape index (κ2) is 14.8.